The molecule has 1 aromatic rings. The van der Waals surface area contributed by atoms with Crippen molar-refractivity contribution in [3.63, 3.8) is 0 Å². The molecular weight excluding hydrogens is 354 g/mol. The van der Waals surface area contributed by atoms with E-state index < -0.39 is 0 Å². The summed E-state index contributed by atoms with van der Waals surface area (Å²) in [6.45, 7) is 2.66. The van der Waals surface area contributed by atoms with Crippen molar-refractivity contribution in [3.8, 4) is 0 Å². The van der Waals surface area contributed by atoms with Crippen molar-refractivity contribution in [2.24, 2.45) is 0 Å². The first kappa shape index (κ1) is 19.2. The highest BCUT2D eigenvalue weighted by molar-refractivity contribution is 5.85. The van der Waals surface area contributed by atoms with E-state index in [4.69, 9.17) is 4.74 Å². The second-order valence-electron chi connectivity index (χ2n) is 8.44. The molecule has 2 saturated heterocycles. The molecule has 1 spiro atoms. The second kappa shape index (κ2) is 8.52. The Morgan fingerprint density at radius 1 is 1.14 bits per heavy atom. The highest BCUT2D eigenvalue weighted by Gasteiger charge is 2.42. The maximum atomic E-state index is 12.6. The van der Waals surface area contributed by atoms with Crippen molar-refractivity contribution in [1.82, 2.24) is 15.1 Å². The van der Waals surface area contributed by atoms with E-state index in [1.54, 1.807) is 4.90 Å². The maximum absolute atomic E-state index is 12.6. The van der Waals surface area contributed by atoms with Crippen LogP contribution in [0.25, 0.3) is 0 Å². The summed E-state index contributed by atoms with van der Waals surface area (Å²) in [5.41, 5.74) is 1.22. The number of hydrogen-bond acceptors (Lipinski definition) is 3. The smallest absolute Gasteiger partial charge is 0.318 e. The van der Waals surface area contributed by atoms with Gasteiger partial charge in [0.05, 0.1) is 18.2 Å². The molecule has 2 heterocycles. The summed E-state index contributed by atoms with van der Waals surface area (Å²) in [5.74, 6) is 0.0313. The molecule has 6 nitrogen and oxygen atoms in total. The van der Waals surface area contributed by atoms with Gasteiger partial charge in [0.15, 0.2) is 0 Å². The molecule has 3 amide bonds. The van der Waals surface area contributed by atoms with Crippen molar-refractivity contribution in [2.45, 2.75) is 56.6 Å². The Bertz CT molecular complexity index is 688. The summed E-state index contributed by atoms with van der Waals surface area (Å²) in [6, 6.07) is 10.1. The van der Waals surface area contributed by atoms with Crippen molar-refractivity contribution in [2.75, 3.05) is 32.8 Å². The van der Waals surface area contributed by atoms with E-state index in [0.717, 1.165) is 25.7 Å². The van der Waals surface area contributed by atoms with Crippen LogP contribution < -0.4 is 5.32 Å². The highest BCUT2D eigenvalue weighted by atomic mass is 16.5. The molecule has 4 rings (SSSR count). The van der Waals surface area contributed by atoms with Gasteiger partial charge in [-0.2, -0.15) is 0 Å². The molecule has 0 bridgehead atoms. The Labute approximate surface area is 167 Å². The van der Waals surface area contributed by atoms with E-state index in [9.17, 15) is 9.59 Å². The van der Waals surface area contributed by atoms with Crippen LogP contribution in [0.4, 0.5) is 4.79 Å². The molecule has 0 radical (unpaired) electrons. The number of piperazine rings is 1. The van der Waals surface area contributed by atoms with Gasteiger partial charge in [-0.3, -0.25) is 4.79 Å². The van der Waals surface area contributed by atoms with Crippen LogP contribution in [0.2, 0.25) is 0 Å². The zero-order valence-electron chi connectivity index (χ0n) is 16.6. The number of amides is 3. The molecule has 6 heteroatoms. The second-order valence-corrected chi connectivity index (χ2v) is 8.44. The number of nitrogens with zero attached hydrogens (tertiary/aromatic N) is 2. The molecule has 1 aromatic carbocycles. The van der Waals surface area contributed by atoms with Crippen molar-refractivity contribution < 1.29 is 14.3 Å². The summed E-state index contributed by atoms with van der Waals surface area (Å²) in [7, 11) is 0. The average molecular weight is 386 g/mol. The quantitative estimate of drug-likeness (QED) is 0.867. The van der Waals surface area contributed by atoms with Crippen LogP contribution in [0.1, 0.15) is 44.1 Å². The van der Waals surface area contributed by atoms with Crippen LogP contribution >= 0.6 is 0 Å². The van der Waals surface area contributed by atoms with Gasteiger partial charge in [-0.25, -0.2) is 4.79 Å². The number of carbonyl (C=O) groups is 2. The number of urea groups is 1. The lowest BCUT2D eigenvalue weighted by Gasteiger charge is -2.35. The molecule has 0 aromatic heterocycles. The van der Waals surface area contributed by atoms with Gasteiger partial charge in [0.2, 0.25) is 5.91 Å². The lowest BCUT2D eigenvalue weighted by molar-refractivity contribution is -0.134. The van der Waals surface area contributed by atoms with Gasteiger partial charge >= 0.3 is 6.03 Å². The van der Waals surface area contributed by atoms with Crippen LogP contribution in [-0.2, 0) is 16.0 Å². The van der Waals surface area contributed by atoms with Crippen LogP contribution in [0, 0.1) is 0 Å². The molecule has 3 fully saturated rings. The third-order valence-electron chi connectivity index (χ3n) is 6.42. The van der Waals surface area contributed by atoms with Crippen LogP contribution in [0.3, 0.4) is 0 Å². The lowest BCUT2D eigenvalue weighted by atomic mass is 9.82. The summed E-state index contributed by atoms with van der Waals surface area (Å²) >= 11 is 0. The van der Waals surface area contributed by atoms with Crippen molar-refractivity contribution >= 4 is 11.9 Å². The van der Waals surface area contributed by atoms with E-state index in [1.807, 2.05) is 23.1 Å². The van der Waals surface area contributed by atoms with E-state index in [-0.39, 0.29) is 30.1 Å². The zero-order chi connectivity index (χ0) is 19.4. The zero-order valence-corrected chi connectivity index (χ0v) is 16.6. The van der Waals surface area contributed by atoms with Crippen LogP contribution in [-0.4, -0.2) is 66.2 Å². The number of carbonyl (C=O) groups excluding carboxylic acids is 2. The first-order chi connectivity index (χ1) is 13.6. The first-order valence-corrected chi connectivity index (χ1v) is 10.6. The van der Waals surface area contributed by atoms with Crippen LogP contribution in [0.15, 0.2) is 30.3 Å². The average Bonchev–Trinajstić information content (AvgIpc) is 3.10. The van der Waals surface area contributed by atoms with Gasteiger partial charge in [-0.15, -0.1) is 0 Å². The summed E-state index contributed by atoms with van der Waals surface area (Å²) < 4.78 is 6.09. The van der Waals surface area contributed by atoms with Gasteiger partial charge in [-0.1, -0.05) is 49.6 Å². The Morgan fingerprint density at radius 2 is 1.93 bits per heavy atom. The predicted octanol–water partition coefficient (Wildman–Crippen LogP) is 2.57. The third kappa shape index (κ3) is 4.49. The molecule has 1 saturated carbocycles. The van der Waals surface area contributed by atoms with Crippen LogP contribution in [0.5, 0.6) is 0 Å². The fourth-order valence-electron chi connectivity index (χ4n) is 4.77. The van der Waals surface area contributed by atoms with Gasteiger partial charge in [-0.05, 0) is 31.2 Å². The number of ether oxygens (including phenoxy) is 1. The summed E-state index contributed by atoms with van der Waals surface area (Å²) in [5, 5.41) is 3.10. The molecule has 1 atom stereocenters. The number of hydrogen-bond donors (Lipinski definition) is 1. The molecule has 28 heavy (non-hydrogen) atoms. The number of rotatable bonds is 4. The largest absolute Gasteiger partial charge is 0.373 e. The van der Waals surface area contributed by atoms with Crippen molar-refractivity contribution in [3.05, 3.63) is 35.9 Å². The fourth-order valence-corrected chi connectivity index (χ4v) is 4.77. The molecular formula is C22H31N3O3. The van der Waals surface area contributed by atoms with E-state index in [1.165, 1.54) is 24.8 Å². The van der Waals surface area contributed by atoms with E-state index >= 15 is 0 Å². The van der Waals surface area contributed by atoms with Gasteiger partial charge in [0.25, 0.3) is 0 Å². The van der Waals surface area contributed by atoms with Gasteiger partial charge in [0.1, 0.15) is 6.54 Å². The molecule has 3 aliphatic rings. The highest BCUT2D eigenvalue weighted by Crippen LogP contribution is 2.39. The standard InChI is InChI=1S/C22H31N3O3/c26-20-16-25(14-13-24(20)12-9-18-7-3-1-4-8-18)21(27)23-19-15-22(28-17-19)10-5-2-6-11-22/h1,3-4,7-8,19H,2,5-6,9-17H2,(H,23,27)/t19-/m0/s1. The monoisotopic (exact) mass is 385 g/mol. The maximum Gasteiger partial charge on any atom is 0.318 e. The Balaban J connectivity index is 1.23. The normalized spacial score (nSPS) is 24.6. The molecule has 1 N–H and O–H groups in total. The molecule has 2 aliphatic heterocycles. The van der Waals surface area contributed by atoms with E-state index in [2.05, 4.69) is 17.4 Å². The first-order valence-electron chi connectivity index (χ1n) is 10.6. The van der Waals surface area contributed by atoms with Crippen molar-refractivity contribution in [1.29, 1.82) is 0 Å². The number of nitrogens with one attached hydrogen (secondary N) is 1. The predicted molar refractivity (Wildman–Crippen MR) is 107 cm³/mol. The minimum Gasteiger partial charge on any atom is -0.373 e. The Kier molecular flexibility index (Phi) is 5.85. The van der Waals surface area contributed by atoms with Gasteiger partial charge in [0, 0.05) is 19.6 Å². The molecule has 0 unspecified atom stereocenters. The summed E-state index contributed by atoms with van der Waals surface area (Å²) in [6.07, 6.45) is 7.71. The fraction of sp³-hybridized carbons (Fsp3) is 0.636. The minimum atomic E-state index is -0.127. The minimum absolute atomic E-state index is 0.0118. The number of benzene rings is 1. The van der Waals surface area contributed by atoms with Gasteiger partial charge < -0.3 is 19.9 Å². The molecule has 1 aliphatic carbocycles. The third-order valence-corrected chi connectivity index (χ3v) is 6.42. The topological polar surface area (TPSA) is 61.9 Å². The SMILES string of the molecule is O=C1CN(C(=O)N[C@@H]2COC3(CCCCC3)C2)CCN1CCc1ccccc1. The molecule has 152 valence electrons. The summed E-state index contributed by atoms with van der Waals surface area (Å²) in [4.78, 5) is 28.6. The lowest BCUT2D eigenvalue weighted by Crippen LogP contribution is -2.56. The Hall–Kier alpha value is -2.08. The Morgan fingerprint density at radius 3 is 2.68 bits per heavy atom. The van der Waals surface area contributed by atoms with E-state index in [0.29, 0.717) is 26.2 Å².